The van der Waals surface area contributed by atoms with Crippen LogP contribution in [0.5, 0.6) is 0 Å². The maximum absolute atomic E-state index is 10.9. The summed E-state index contributed by atoms with van der Waals surface area (Å²) in [5.41, 5.74) is 0. The molecule has 59 valence electrons. The van der Waals surface area contributed by atoms with Crippen LogP contribution in [0.2, 0.25) is 0 Å². The van der Waals surface area contributed by atoms with Gasteiger partial charge in [-0.2, -0.15) is 0 Å². The van der Waals surface area contributed by atoms with Crippen LogP contribution in [0.1, 0.15) is 6.42 Å². The van der Waals surface area contributed by atoms with Crippen LogP contribution in [0.4, 0.5) is 0 Å². The number of amides is 1. The maximum atomic E-state index is 10.9. The predicted octanol–water partition coefficient (Wildman–Crippen LogP) is 0.315. The van der Waals surface area contributed by atoms with Gasteiger partial charge in [-0.1, -0.05) is 0 Å². The molecule has 0 saturated carbocycles. The molecule has 10 heavy (non-hydrogen) atoms. The Hall–Kier alpha value is -0.570. The number of methoxy groups -OCH3 is 1. The molecule has 0 saturated heterocycles. The van der Waals surface area contributed by atoms with Crippen LogP contribution in [-0.4, -0.2) is 38.1 Å². The molecule has 1 radical (unpaired) electrons. The molecule has 0 rings (SSSR count). The van der Waals surface area contributed by atoms with E-state index in [2.05, 4.69) is 6.92 Å². The van der Waals surface area contributed by atoms with Crippen LogP contribution in [-0.2, 0) is 9.53 Å². The topological polar surface area (TPSA) is 29.5 Å². The van der Waals surface area contributed by atoms with Gasteiger partial charge in [0.25, 0.3) is 0 Å². The summed E-state index contributed by atoms with van der Waals surface area (Å²) in [6.07, 6.45) is 0.447. The van der Waals surface area contributed by atoms with Gasteiger partial charge in [0.1, 0.15) is 0 Å². The summed E-state index contributed by atoms with van der Waals surface area (Å²) in [7, 11) is 3.31. The molecule has 0 aromatic rings. The summed E-state index contributed by atoms with van der Waals surface area (Å²) in [6, 6.07) is 0. The van der Waals surface area contributed by atoms with E-state index in [9.17, 15) is 4.79 Å². The fourth-order valence-corrected chi connectivity index (χ4v) is 0.505. The smallest absolute Gasteiger partial charge is 0.224 e. The summed E-state index contributed by atoms with van der Waals surface area (Å²) >= 11 is 0. The molecule has 0 heterocycles. The highest BCUT2D eigenvalue weighted by atomic mass is 16.5. The molecule has 0 spiro atoms. The molecule has 0 fully saturated rings. The first-order chi connectivity index (χ1) is 4.72. The first-order valence-corrected chi connectivity index (χ1v) is 3.24. The van der Waals surface area contributed by atoms with Crippen molar-refractivity contribution in [3.05, 3.63) is 6.92 Å². The summed E-state index contributed by atoms with van der Waals surface area (Å²) in [5.74, 6) is 0.0804. The van der Waals surface area contributed by atoms with Crippen LogP contribution in [0.25, 0.3) is 0 Å². The number of carbonyl (C=O) groups is 1. The van der Waals surface area contributed by atoms with Gasteiger partial charge in [0.05, 0.1) is 13.0 Å². The van der Waals surface area contributed by atoms with E-state index in [0.29, 0.717) is 19.6 Å². The van der Waals surface area contributed by atoms with E-state index in [4.69, 9.17) is 4.74 Å². The van der Waals surface area contributed by atoms with Crippen molar-refractivity contribution in [1.82, 2.24) is 4.90 Å². The van der Waals surface area contributed by atoms with E-state index < -0.39 is 0 Å². The molecule has 3 heteroatoms. The van der Waals surface area contributed by atoms with E-state index >= 15 is 0 Å². The molecule has 3 nitrogen and oxygen atoms in total. The summed E-state index contributed by atoms with van der Waals surface area (Å²) in [4.78, 5) is 12.5. The highest BCUT2D eigenvalue weighted by Crippen LogP contribution is 1.89. The average molecular weight is 144 g/mol. The normalized spacial score (nSPS) is 9.50. The van der Waals surface area contributed by atoms with Gasteiger partial charge < -0.3 is 9.64 Å². The zero-order valence-corrected chi connectivity index (χ0v) is 6.59. The highest BCUT2D eigenvalue weighted by molar-refractivity contribution is 5.75. The molecule has 0 aromatic heterocycles. The van der Waals surface area contributed by atoms with Gasteiger partial charge in [0.2, 0.25) is 5.91 Å². The Kier molecular flexibility index (Phi) is 4.94. The van der Waals surface area contributed by atoms with Crippen molar-refractivity contribution in [1.29, 1.82) is 0 Å². The van der Waals surface area contributed by atoms with Crippen LogP contribution in [0.15, 0.2) is 0 Å². The molecule has 1 amide bonds. The van der Waals surface area contributed by atoms with Crippen LogP contribution >= 0.6 is 0 Å². The minimum absolute atomic E-state index is 0.0804. The van der Waals surface area contributed by atoms with Gasteiger partial charge in [0.15, 0.2) is 0 Å². The third kappa shape index (κ3) is 3.45. The molecule has 0 aromatic carbocycles. The number of carbonyl (C=O) groups excluding carboxylic acids is 1. The van der Waals surface area contributed by atoms with Crippen molar-refractivity contribution < 1.29 is 9.53 Å². The van der Waals surface area contributed by atoms with Gasteiger partial charge in [-0.05, 0) is 6.92 Å². The quantitative estimate of drug-likeness (QED) is 0.568. The minimum Gasteiger partial charge on any atom is -0.384 e. The minimum atomic E-state index is 0.0804. The lowest BCUT2D eigenvalue weighted by Crippen LogP contribution is -2.26. The first kappa shape index (κ1) is 9.43. The second kappa shape index (κ2) is 5.23. The Morgan fingerprint density at radius 3 is 2.70 bits per heavy atom. The highest BCUT2D eigenvalue weighted by Gasteiger charge is 2.04. The number of hydrogen-bond donors (Lipinski definition) is 0. The van der Waals surface area contributed by atoms with Crippen molar-refractivity contribution in [3.8, 4) is 0 Å². The van der Waals surface area contributed by atoms with Gasteiger partial charge in [-0.15, -0.1) is 0 Å². The average Bonchev–Trinajstić information content (AvgIpc) is 1.98. The Balaban J connectivity index is 3.42. The van der Waals surface area contributed by atoms with Gasteiger partial charge in [0, 0.05) is 20.7 Å². The summed E-state index contributed by atoms with van der Waals surface area (Å²) in [6.45, 7) is 4.58. The SMILES string of the molecule is [CH2]CN(C)C(=O)CCOC. The molecule has 0 aliphatic carbocycles. The molecule has 0 aliphatic heterocycles. The van der Waals surface area contributed by atoms with Crippen molar-refractivity contribution in [2.75, 3.05) is 27.3 Å². The second-order valence-corrected chi connectivity index (χ2v) is 2.06. The zero-order chi connectivity index (χ0) is 7.98. The van der Waals surface area contributed by atoms with Crippen molar-refractivity contribution in [3.63, 3.8) is 0 Å². The van der Waals surface area contributed by atoms with Crippen LogP contribution < -0.4 is 0 Å². The Morgan fingerprint density at radius 2 is 2.30 bits per heavy atom. The molecular formula is C7H14NO2. The summed E-state index contributed by atoms with van der Waals surface area (Å²) in [5, 5.41) is 0. The first-order valence-electron chi connectivity index (χ1n) is 3.24. The molecule has 0 atom stereocenters. The van der Waals surface area contributed by atoms with Crippen molar-refractivity contribution in [2.24, 2.45) is 0 Å². The largest absolute Gasteiger partial charge is 0.384 e. The fourth-order valence-electron chi connectivity index (χ4n) is 0.505. The number of rotatable bonds is 4. The predicted molar refractivity (Wildman–Crippen MR) is 39.5 cm³/mol. The third-order valence-electron chi connectivity index (χ3n) is 1.28. The maximum Gasteiger partial charge on any atom is 0.224 e. The monoisotopic (exact) mass is 144 g/mol. The molecule has 0 bridgehead atoms. The van der Waals surface area contributed by atoms with Crippen molar-refractivity contribution in [2.45, 2.75) is 6.42 Å². The van der Waals surface area contributed by atoms with Crippen molar-refractivity contribution >= 4 is 5.91 Å². The molecule has 0 unspecified atom stereocenters. The van der Waals surface area contributed by atoms with Gasteiger partial charge >= 0.3 is 0 Å². The second-order valence-electron chi connectivity index (χ2n) is 2.06. The lowest BCUT2D eigenvalue weighted by molar-refractivity contribution is -0.130. The zero-order valence-electron chi connectivity index (χ0n) is 6.59. The summed E-state index contributed by atoms with van der Waals surface area (Å²) < 4.78 is 4.74. The molecule has 0 aliphatic rings. The third-order valence-corrected chi connectivity index (χ3v) is 1.28. The number of hydrogen-bond acceptors (Lipinski definition) is 2. The van der Waals surface area contributed by atoms with Gasteiger partial charge in [-0.3, -0.25) is 4.79 Å². The Bertz CT molecular complexity index is 104. The Morgan fingerprint density at radius 1 is 1.70 bits per heavy atom. The Labute approximate surface area is 62.0 Å². The number of nitrogens with zero attached hydrogens (tertiary/aromatic N) is 1. The standard InChI is InChI=1S/C7H14NO2/c1-4-8(2)7(9)5-6-10-3/h1,4-6H2,2-3H3. The van der Waals surface area contributed by atoms with E-state index in [1.54, 1.807) is 19.1 Å². The lowest BCUT2D eigenvalue weighted by Gasteiger charge is -2.13. The fraction of sp³-hybridized carbons (Fsp3) is 0.714. The molecular weight excluding hydrogens is 130 g/mol. The van der Waals surface area contributed by atoms with Crippen LogP contribution in [0.3, 0.4) is 0 Å². The van der Waals surface area contributed by atoms with Gasteiger partial charge in [-0.25, -0.2) is 0 Å². The van der Waals surface area contributed by atoms with E-state index in [1.807, 2.05) is 0 Å². The van der Waals surface area contributed by atoms with E-state index in [0.717, 1.165) is 0 Å². The van der Waals surface area contributed by atoms with E-state index in [1.165, 1.54) is 0 Å². The lowest BCUT2D eigenvalue weighted by atomic mass is 10.4. The molecule has 0 N–H and O–H groups in total. The van der Waals surface area contributed by atoms with Crippen LogP contribution in [0, 0.1) is 6.92 Å². The van der Waals surface area contributed by atoms with E-state index in [-0.39, 0.29) is 5.91 Å². The number of ether oxygens (including phenoxy) is 1.